The zero-order chi connectivity index (χ0) is 19.8. The molecule has 2 aliphatic rings. The van der Waals surface area contributed by atoms with Crippen LogP contribution in [0.15, 0.2) is 22.9 Å². The van der Waals surface area contributed by atoms with Gasteiger partial charge in [0.15, 0.2) is 5.66 Å². The van der Waals surface area contributed by atoms with E-state index in [0.29, 0.717) is 38.8 Å². The molecular weight excluding hydrogens is 358 g/mol. The van der Waals surface area contributed by atoms with Crippen molar-refractivity contribution in [3.05, 3.63) is 12.7 Å². The molecule has 1 saturated carbocycles. The Labute approximate surface area is 165 Å². The molecule has 1 aromatic rings. The summed E-state index contributed by atoms with van der Waals surface area (Å²) in [7, 11) is 0. The summed E-state index contributed by atoms with van der Waals surface area (Å²) in [6.45, 7) is 1.03. The number of aryl methyl sites for hydroxylation is 1. The van der Waals surface area contributed by atoms with Crippen molar-refractivity contribution in [3.63, 3.8) is 0 Å². The van der Waals surface area contributed by atoms with Crippen molar-refractivity contribution >= 4 is 11.8 Å². The summed E-state index contributed by atoms with van der Waals surface area (Å²) in [6, 6.07) is 0.143. The SMILES string of the molecule is C#CCCC1(CCNC(=O)CN(C(=O)CCn2cncn2)C2CCCC2)N=N1. The number of rotatable bonds is 11. The van der Waals surface area contributed by atoms with Gasteiger partial charge in [0.25, 0.3) is 0 Å². The van der Waals surface area contributed by atoms with E-state index in [9.17, 15) is 9.59 Å². The summed E-state index contributed by atoms with van der Waals surface area (Å²) >= 11 is 0. The van der Waals surface area contributed by atoms with Crippen molar-refractivity contribution < 1.29 is 9.59 Å². The van der Waals surface area contributed by atoms with Crippen LogP contribution >= 0.6 is 0 Å². The topological polar surface area (TPSA) is 105 Å². The van der Waals surface area contributed by atoms with Crippen LogP contribution in [0.2, 0.25) is 0 Å². The monoisotopic (exact) mass is 385 g/mol. The highest BCUT2D eigenvalue weighted by atomic mass is 16.2. The van der Waals surface area contributed by atoms with Crippen molar-refractivity contribution in [2.75, 3.05) is 13.1 Å². The van der Waals surface area contributed by atoms with Gasteiger partial charge in [0.1, 0.15) is 12.7 Å². The van der Waals surface area contributed by atoms with E-state index < -0.39 is 5.66 Å². The summed E-state index contributed by atoms with van der Waals surface area (Å²) < 4.78 is 1.63. The molecule has 2 heterocycles. The van der Waals surface area contributed by atoms with Crippen LogP contribution in [-0.4, -0.2) is 56.3 Å². The van der Waals surface area contributed by atoms with Gasteiger partial charge in [0, 0.05) is 38.3 Å². The lowest BCUT2D eigenvalue weighted by Crippen LogP contribution is -2.46. The number of nitrogens with one attached hydrogen (secondary N) is 1. The molecule has 0 atom stereocenters. The van der Waals surface area contributed by atoms with Gasteiger partial charge in [-0.15, -0.1) is 12.3 Å². The van der Waals surface area contributed by atoms with Crippen LogP contribution in [0.4, 0.5) is 0 Å². The van der Waals surface area contributed by atoms with E-state index >= 15 is 0 Å². The second-order valence-corrected chi connectivity index (χ2v) is 7.36. The first-order chi connectivity index (χ1) is 13.6. The fourth-order valence-electron chi connectivity index (χ4n) is 3.62. The molecule has 1 aliphatic heterocycles. The highest BCUT2D eigenvalue weighted by Gasteiger charge is 2.38. The van der Waals surface area contributed by atoms with E-state index in [2.05, 4.69) is 31.5 Å². The maximum Gasteiger partial charge on any atom is 0.239 e. The largest absolute Gasteiger partial charge is 0.354 e. The van der Waals surface area contributed by atoms with Crippen LogP contribution in [0.3, 0.4) is 0 Å². The third-order valence-electron chi connectivity index (χ3n) is 5.32. The molecular formula is C19H27N7O2. The molecule has 9 heteroatoms. The van der Waals surface area contributed by atoms with Crippen LogP contribution in [-0.2, 0) is 16.1 Å². The molecule has 0 spiro atoms. The zero-order valence-corrected chi connectivity index (χ0v) is 16.1. The van der Waals surface area contributed by atoms with Crippen molar-refractivity contribution in [1.82, 2.24) is 25.0 Å². The van der Waals surface area contributed by atoms with E-state index in [0.717, 1.165) is 25.7 Å². The van der Waals surface area contributed by atoms with Gasteiger partial charge >= 0.3 is 0 Å². The number of carbonyl (C=O) groups excluding carboxylic acids is 2. The molecule has 150 valence electrons. The molecule has 0 unspecified atom stereocenters. The first kappa shape index (κ1) is 20.0. The third-order valence-corrected chi connectivity index (χ3v) is 5.32. The smallest absolute Gasteiger partial charge is 0.239 e. The Morgan fingerprint density at radius 1 is 1.29 bits per heavy atom. The molecule has 1 aliphatic carbocycles. The lowest BCUT2D eigenvalue weighted by Gasteiger charge is -2.28. The Morgan fingerprint density at radius 2 is 2.07 bits per heavy atom. The van der Waals surface area contributed by atoms with Crippen molar-refractivity contribution in [1.29, 1.82) is 0 Å². The number of carbonyl (C=O) groups is 2. The van der Waals surface area contributed by atoms with E-state index in [4.69, 9.17) is 6.42 Å². The van der Waals surface area contributed by atoms with Crippen LogP contribution in [0.5, 0.6) is 0 Å². The quantitative estimate of drug-likeness (QED) is 0.583. The number of aromatic nitrogens is 3. The summed E-state index contributed by atoms with van der Waals surface area (Å²) in [5, 5.41) is 15.1. The van der Waals surface area contributed by atoms with Crippen LogP contribution in [0.1, 0.15) is 51.4 Å². The normalized spacial score (nSPS) is 17.2. The number of terminal acetylenes is 1. The number of hydrogen-bond donors (Lipinski definition) is 1. The predicted molar refractivity (Wildman–Crippen MR) is 102 cm³/mol. The number of hydrogen-bond acceptors (Lipinski definition) is 6. The second kappa shape index (κ2) is 9.44. The molecule has 28 heavy (non-hydrogen) atoms. The molecule has 3 rings (SSSR count). The van der Waals surface area contributed by atoms with Gasteiger partial charge in [-0.2, -0.15) is 15.3 Å². The van der Waals surface area contributed by atoms with Gasteiger partial charge in [-0.25, -0.2) is 4.98 Å². The molecule has 1 N–H and O–H groups in total. The molecule has 0 radical (unpaired) electrons. The number of nitrogens with zero attached hydrogens (tertiary/aromatic N) is 6. The summed E-state index contributed by atoms with van der Waals surface area (Å²) in [4.78, 5) is 30.8. The van der Waals surface area contributed by atoms with Gasteiger partial charge < -0.3 is 10.2 Å². The van der Waals surface area contributed by atoms with Gasteiger partial charge in [0.2, 0.25) is 11.8 Å². The van der Waals surface area contributed by atoms with Gasteiger partial charge in [-0.1, -0.05) is 12.8 Å². The minimum Gasteiger partial charge on any atom is -0.354 e. The third kappa shape index (κ3) is 5.62. The molecule has 2 amide bonds. The van der Waals surface area contributed by atoms with Crippen LogP contribution in [0, 0.1) is 12.3 Å². The predicted octanol–water partition coefficient (Wildman–Crippen LogP) is 1.52. The molecule has 0 bridgehead atoms. The Kier molecular flexibility index (Phi) is 6.74. The average molecular weight is 385 g/mol. The highest BCUT2D eigenvalue weighted by molar-refractivity contribution is 5.85. The fraction of sp³-hybridized carbons (Fsp3) is 0.684. The summed E-state index contributed by atoms with van der Waals surface area (Å²) in [5.41, 5.74) is -0.404. The maximum atomic E-state index is 12.8. The van der Waals surface area contributed by atoms with Crippen LogP contribution < -0.4 is 5.32 Å². The second-order valence-electron chi connectivity index (χ2n) is 7.36. The Morgan fingerprint density at radius 3 is 2.71 bits per heavy atom. The zero-order valence-electron chi connectivity index (χ0n) is 16.1. The van der Waals surface area contributed by atoms with Gasteiger partial charge in [-0.05, 0) is 12.8 Å². The fourth-order valence-corrected chi connectivity index (χ4v) is 3.62. The highest BCUT2D eigenvalue weighted by Crippen LogP contribution is 2.36. The van der Waals surface area contributed by atoms with Crippen LogP contribution in [0.25, 0.3) is 0 Å². The van der Waals surface area contributed by atoms with Crippen molar-refractivity contribution in [2.45, 2.75) is 69.6 Å². The maximum absolute atomic E-state index is 12.8. The Balaban J connectivity index is 1.46. The van der Waals surface area contributed by atoms with Crippen molar-refractivity contribution in [3.8, 4) is 12.3 Å². The minimum absolute atomic E-state index is 0.0183. The Bertz CT molecular complexity index is 726. The van der Waals surface area contributed by atoms with Crippen molar-refractivity contribution in [2.24, 2.45) is 10.2 Å². The lowest BCUT2D eigenvalue weighted by atomic mass is 10.0. The minimum atomic E-state index is -0.404. The summed E-state index contributed by atoms with van der Waals surface area (Å²) in [6.07, 6.45) is 14.7. The molecule has 0 aromatic carbocycles. The first-order valence-corrected chi connectivity index (χ1v) is 9.88. The summed E-state index contributed by atoms with van der Waals surface area (Å²) in [5.74, 6) is 2.43. The first-order valence-electron chi connectivity index (χ1n) is 9.88. The van der Waals surface area contributed by atoms with E-state index in [1.165, 1.54) is 6.33 Å². The standard InChI is InChI=1S/C19H27N7O2/c1-2-3-9-19(23-24-19)10-11-21-17(27)13-26(16-6-4-5-7-16)18(28)8-12-25-15-20-14-22-25/h1,14-16H,3-13H2,(H,21,27). The lowest BCUT2D eigenvalue weighted by molar-refractivity contribution is -0.138. The van der Waals surface area contributed by atoms with Gasteiger partial charge in [-0.3, -0.25) is 14.3 Å². The molecule has 1 aromatic heterocycles. The average Bonchev–Trinajstić information content (AvgIpc) is 3.09. The molecule has 0 saturated heterocycles. The van der Waals surface area contributed by atoms with E-state index in [1.807, 2.05) is 0 Å². The molecule has 1 fully saturated rings. The Hall–Kier alpha value is -2.76. The van der Waals surface area contributed by atoms with E-state index in [1.54, 1.807) is 15.9 Å². The van der Waals surface area contributed by atoms with E-state index in [-0.39, 0.29) is 24.4 Å². The van der Waals surface area contributed by atoms with Gasteiger partial charge in [0.05, 0.1) is 13.1 Å². The number of amides is 2. The molecule has 9 nitrogen and oxygen atoms in total.